The van der Waals surface area contributed by atoms with Crippen molar-refractivity contribution >= 4 is 40.6 Å². The molecule has 6 heteroatoms. The Balaban J connectivity index is 2.60. The molecule has 0 fully saturated rings. The van der Waals surface area contributed by atoms with Gasteiger partial charge in [0, 0.05) is 25.2 Å². The molecule has 1 aromatic rings. The SMILES string of the molecule is CC(C)N(CCNc1nc(Cl)c(Cl)cc1Cl)C(C)C. The zero-order valence-electron chi connectivity index (χ0n) is 11.7. The van der Waals surface area contributed by atoms with Crippen LogP contribution in [0.2, 0.25) is 15.2 Å². The Morgan fingerprint density at radius 1 is 1.11 bits per heavy atom. The highest BCUT2D eigenvalue weighted by atomic mass is 35.5. The van der Waals surface area contributed by atoms with E-state index in [9.17, 15) is 0 Å². The second kappa shape index (κ2) is 7.53. The van der Waals surface area contributed by atoms with E-state index in [1.165, 1.54) is 0 Å². The van der Waals surface area contributed by atoms with E-state index >= 15 is 0 Å². The summed E-state index contributed by atoms with van der Waals surface area (Å²) in [6.07, 6.45) is 0. The smallest absolute Gasteiger partial charge is 0.150 e. The van der Waals surface area contributed by atoms with E-state index in [1.54, 1.807) is 6.07 Å². The van der Waals surface area contributed by atoms with Gasteiger partial charge in [0.15, 0.2) is 0 Å². The number of hydrogen-bond donors (Lipinski definition) is 1. The van der Waals surface area contributed by atoms with Crippen molar-refractivity contribution in [1.29, 1.82) is 0 Å². The van der Waals surface area contributed by atoms with Crippen LogP contribution in [0.15, 0.2) is 6.07 Å². The first kappa shape index (κ1) is 16.8. The Kier molecular flexibility index (Phi) is 6.67. The van der Waals surface area contributed by atoms with Crippen LogP contribution >= 0.6 is 34.8 Å². The summed E-state index contributed by atoms with van der Waals surface area (Å²) in [6.45, 7) is 10.4. The van der Waals surface area contributed by atoms with Gasteiger partial charge in [-0.1, -0.05) is 34.8 Å². The predicted molar refractivity (Wildman–Crippen MR) is 84.7 cm³/mol. The van der Waals surface area contributed by atoms with Gasteiger partial charge in [0.05, 0.1) is 10.0 Å². The van der Waals surface area contributed by atoms with Gasteiger partial charge in [-0.25, -0.2) is 4.98 Å². The van der Waals surface area contributed by atoms with Crippen LogP contribution in [0.3, 0.4) is 0 Å². The minimum Gasteiger partial charge on any atom is -0.367 e. The van der Waals surface area contributed by atoms with E-state index < -0.39 is 0 Å². The number of anilines is 1. The molecule has 1 rings (SSSR count). The molecular weight excluding hydrogens is 305 g/mol. The minimum absolute atomic E-state index is 0.262. The zero-order chi connectivity index (χ0) is 14.6. The first-order chi connectivity index (χ1) is 8.82. The summed E-state index contributed by atoms with van der Waals surface area (Å²) in [5.41, 5.74) is 0. The average Bonchev–Trinajstić information content (AvgIpc) is 2.29. The summed E-state index contributed by atoms with van der Waals surface area (Å²) >= 11 is 17.8. The molecule has 0 aliphatic heterocycles. The lowest BCUT2D eigenvalue weighted by Gasteiger charge is -2.30. The highest BCUT2D eigenvalue weighted by Crippen LogP contribution is 2.28. The minimum atomic E-state index is 0.262. The molecule has 0 unspecified atom stereocenters. The Morgan fingerprint density at radius 3 is 2.21 bits per heavy atom. The van der Waals surface area contributed by atoms with Gasteiger partial charge in [-0.3, -0.25) is 4.90 Å². The highest BCUT2D eigenvalue weighted by Gasteiger charge is 2.13. The maximum Gasteiger partial charge on any atom is 0.150 e. The Hall–Kier alpha value is -0.220. The number of hydrogen-bond acceptors (Lipinski definition) is 3. The maximum atomic E-state index is 6.06. The molecule has 0 bridgehead atoms. The van der Waals surface area contributed by atoms with Gasteiger partial charge in [-0.05, 0) is 33.8 Å². The van der Waals surface area contributed by atoms with E-state index in [0.29, 0.717) is 27.9 Å². The lowest BCUT2D eigenvalue weighted by Crippen LogP contribution is -2.40. The molecule has 3 nitrogen and oxygen atoms in total. The van der Waals surface area contributed by atoms with Crippen LogP contribution < -0.4 is 5.32 Å². The summed E-state index contributed by atoms with van der Waals surface area (Å²) in [5, 5.41) is 4.30. The molecule has 0 amide bonds. The summed E-state index contributed by atoms with van der Waals surface area (Å²) in [4.78, 5) is 6.52. The third-order valence-corrected chi connectivity index (χ3v) is 3.84. The molecule has 1 heterocycles. The fourth-order valence-electron chi connectivity index (χ4n) is 1.98. The second-order valence-corrected chi connectivity index (χ2v) is 6.12. The fourth-order valence-corrected chi connectivity index (χ4v) is 2.55. The quantitative estimate of drug-likeness (QED) is 0.777. The van der Waals surface area contributed by atoms with E-state index in [2.05, 4.69) is 42.9 Å². The van der Waals surface area contributed by atoms with Gasteiger partial charge in [0.2, 0.25) is 0 Å². The molecule has 19 heavy (non-hydrogen) atoms. The fraction of sp³-hybridized carbons (Fsp3) is 0.615. The molecule has 0 spiro atoms. The van der Waals surface area contributed by atoms with Crippen LogP contribution in [-0.2, 0) is 0 Å². The summed E-state index contributed by atoms with van der Waals surface area (Å²) in [7, 11) is 0. The first-order valence-corrected chi connectivity index (χ1v) is 7.47. The van der Waals surface area contributed by atoms with Crippen LogP contribution in [0, 0.1) is 0 Å². The van der Waals surface area contributed by atoms with Crippen LogP contribution in [-0.4, -0.2) is 35.1 Å². The zero-order valence-corrected chi connectivity index (χ0v) is 13.9. The van der Waals surface area contributed by atoms with Crippen LogP contribution in [0.25, 0.3) is 0 Å². The van der Waals surface area contributed by atoms with Crippen molar-refractivity contribution < 1.29 is 0 Å². The third kappa shape index (κ3) is 4.99. The maximum absolute atomic E-state index is 6.06. The monoisotopic (exact) mass is 323 g/mol. The molecule has 108 valence electrons. The summed E-state index contributed by atoms with van der Waals surface area (Å²) in [6, 6.07) is 2.60. The molecule has 0 radical (unpaired) electrons. The predicted octanol–water partition coefficient (Wildman–Crippen LogP) is 4.57. The second-order valence-electron chi connectivity index (χ2n) is 4.94. The van der Waals surface area contributed by atoms with E-state index in [4.69, 9.17) is 34.8 Å². The van der Waals surface area contributed by atoms with Crippen molar-refractivity contribution in [3.63, 3.8) is 0 Å². The lowest BCUT2D eigenvalue weighted by atomic mass is 10.2. The molecule has 0 saturated heterocycles. The summed E-state index contributed by atoms with van der Waals surface area (Å²) in [5.74, 6) is 0.573. The largest absolute Gasteiger partial charge is 0.367 e. The normalized spacial score (nSPS) is 11.7. The molecule has 0 aromatic carbocycles. The van der Waals surface area contributed by atoms with Crippen molar-refractivity contribution in [2.24, 2.45) is 0 Å². The van der Waals surface area contributed by atoms with Gasteiger partial charge in [0.25, 0.3) is 0 Å². The van der Waals surface area contributed by atoms with Crippen LogP contribution in [0.1, 0.15) is 27.7 Å². The van der Waals surface area contributed by atoms with Crippen molar-refractivity contribution in [3.05, 3.63) is 21.3 Å². The molecule has 1 N–H and O–H groups in total. The standard InChI is InChI=1S/C13H20Cl3N3/c1-8(2)19(9(3)4)6-5-17-13-11(15)7-10(14)12(16)18-13/h7-9H,5-6H2,1-4H3,(H,17,18). The van der Waals surface area contributed by atoms with Crippen molar-refractivity contribution in [3.8, 4) is 0 Å². The van der Waals surface area contributed by atoms with Gasteiger partial charge in [-0.15, -0.1) is 0 Å². The third-order valence-electron chi connectivity index (χ3n) is 2.88. The average molecular weight is 325 g/mol. The first-order valence-electron chi connectivity index (χ1n) is 6.34. The topological polar surface area (TPSA) is 28.2 Å². The molecule has 1 aromatic heterocycles. The van der Waals surface area contributed by atoms with Crippen LogP contribution in [0.4, 0.5) is 5.82 Å². The Bertz CT molecular complexity index is 414. The molecule has 0 saturated carbocycles. The molecule has 0 atom stereocenters. The number of halogens is 3. The van der Waals surface area contributed by atoms with Gasteiger partial charge >= 0.3 is 0 Å². The number of nitrogens with one attached hydrogen (secondary N) is 1. The van der Waals surface area contributed by atoms with E-state index in [-0.39, 0.29) is 5.15 Å². The lowest BCUT2D eigenvalue weighted by molar-refractivity contribution is 0.182. The molecule has 0 aliphatic rings. The van der Waals surface area contributed by atoms with Gasteiger partial charge in [-0.2, -0.15) is 0 Å². The van der Waals surface area contributed by atoms with E-state index in [1.807, 2.05) is 0 Å². The highest BCUT2D eigenvalue weighted by molar-refractivity contribution is 6.42. The van der Waals surface area contributed by atoms with Crippen molar-refractivity contribution in [1.82, 2.24) is 9.88 Å². The molecular formula is C13H20Cl3N3. The summed E-state index contributed by atoms with van der Waals surface area (Å²) < 4.78 is 0. The number of pyridine rings is 1. The van der Waals surface area contributed by atoms with Crippen molar-refractivity contribution in [2.45, 2.75) is 39.8 Å². The van der Waals surface area contributed by atoms with Gasteiger partial charge < -0.3 is 5.32 Å². The van der Waals surface area contributed by atoms with Crippen LogP contribution in [0.5, 0.6) is 0 Å². The molecule has 0 aliphatic carbocycles. The number of nitrogens with zero attached hydrogens (tertiary/aromatic N) is 2. The number of aromatic nitrogens is 1. The van der Waals surface area contributed by atoms with E-state index in [0.717, 1.165) is 13.1 Å². The Morgan fingerprint density at radius 2 is 1.68 bits per heavy atom. The number of rotatable bonds is 6. The van der Waals surface area contributed by atoms with Crippen molar-refractivity contribution in [2.75, 3.05) is 18.4 Å². The van der Waals surface area contributed by atoms with Gasteiger partial charge in [0.1, 0.15) is 11.0 Å². The Labute approximate surface area is 130 Å².